The zero-order valence-electron chi connectivity index (χ0n) is 20.2. The van der Waals surface area contributed by atoms with Crippen LogP contribution in [0.1, 0.15) is 38.3 Å². The minimum Gasteiger partial charge on any atom is -0.493 e. The topological polar surface area (TPSA) is 65.7 Å². The first kappa shape index (κ1) is 24.6. The molecule has 3 aromatic carbocycles. The van der Waals surface area contributed by atoms with Gasteiger partial charge in [0.05, 0.1) is 18.4 Å². The van der Waals surface area contributed by atoms with E-state index in [9.17, 15) is 9.59 Å². The normalized spacial score (nSPS) is 11.5. The fourth-order valence-electron chi connectivity index (χ4n) is 3.61. The predicted octanol–water partition coefficient (Wildman–Crippen LogP) is 7.09. The Balaban J connectivity index is 1.64. The highest BCUT2D eigenvalue weighted by molar-refractivity contribution is 6.31. The zero-order chi connectivity index (χ0) is 25.2. The monoisotopic (exact) mass is 490 g/mol. The van der Waals surface area contributed by atoms with Gasteiger partial charge in [-0.3, -0.25) is 9.59 Å². The molecule has 4 aromatic rings. The van der Waals surface area contributed by atoms with Crippen LogP contribution in [-0.2, 0) is 10.2 Å². The van der Waals surface area contributed by atoms with Crippen LogP contribution in [0.15, 0.2) is 75.9 Å². The molecule has 0 aliphatic carbocycles. The van der Waals surface area contributed by atoms with E-state index in [1.807, 2.05) is 55.5 Å². The van der Waals surface area contributed by atoms with Gasteiger partial charge in [0.2, 0.25) is 11.2 Å². The van der Waals surface area contributed by atoms with Crippen LogP contribution in [0.2, 0.25) is 5.02 Å². The van der Waals surface area contributed by atoms with E-state index in [2.05, 4.69) is 20.8 Å². The highest BCUT2D eigenvalue weighted by atomic mass is 35.5. The number of halogens is 1. The standard InChI is InChI=1S/C29H27ClO5/c1-18-5-12-22(13-6-18)33-16-15-25(31)35-28-26(32)23-17-21(30)11-14-24(23)34-27(28)19-7-9-20(10-8-19)29(2,3)4/h5-14,17H,15-16H2,1-4H3. The van der Waals surface area contributed by atoms with Crippen LogP contribution in [0.4, 0.5) is 0 Å². The Hall–Kier alpha value is -3.57. The molecule has 0 saturated heterocycles. The molecule has 180 valence electrons. The van der Waals surface area contributed by atoms with Crippen LogP contribution in [0, 0.1) is 6.92 Å². The second-order valence-corrected chi connectivity index (χ2v) is 9.88. The molecule has 0 aliphatic rings. The molecular formula is C29H27ClO5. The Kier molecular flexibility index (Phi) is 6.99. The van der Waals surface area contributed by atoms with Gasteiger partial charge >= 0.3 is 5.97 Å². The summed E-state index contributed by atoms with van der Waals surface area (Å²) in [5, 5.41) is 0.627. The Morgan fingerprint density at radius 1 is 0.971 bits per heavy atom. The van der Waals surface area contributed by atoms with E-state index in [0.29, 0.717) is 21.9 Å². The van der Waals surface area contributed by atoms with Crippen LogP contribution in [0.25, 0.3) is 22.3 Å². The van der Waals surface area contributed by atoms with Crippen molar-refractivity contribution in [2.75, 3.05) is 6.61 Å². The first-order chi connectivity index (χ1) is 16.6. The van der Waals surface area contributed by atoms with E-state index in [-0.39, 0.29) is 35.3 Å². The molecule has 5 nitrogen and oxygen atoms in total. The molecule has 0 N–H and O–H groups in total. The summed E-state index contributed by atoms with van der Waals surface area (Å²) in [7, 11) is 0. The average Bonchev–Trinajstić information content (AvgIpc) is 2.82. The minimum absolute atomic E-state index is 0.0355. The summed E-state index contributed by atoms with van der Waals surface area (Å²) < 4.78 is 17.2. The minimum atomic E-state index is -0.599. The van der Waals surface area contributed by atoms with Crippen LogP contribution in [0.5, 0.6) is 11.5 Å². The number of hydrogen-bond acceptors (Lipinski definition) is 5. The summed E-state index contributed by atoms with van der Waals surface area (Å²) in [5.74, 6) is 0.0861. The SMILES string of the molecule is Cc1ccc(OCCC(=O)Oc2c(-c3ccc(C(C)(C)C)cc3)oc3ccc(Cl)cc3c2=O)cc1. The smallest absolute Gasteiger partial charge is 0.314 e. The molecule has 6 heteroatoms. The number of hydrogen-bond donors (Lipinski definition) is 0. The van der Waals surface area contributed by atoms with Gasteiger partial charge in [-0.2, -0.15) is 0 Å². The Morgan fingerprint density at radius 3 is 2.31 bits per heavy atom. The molecule has 4 rings (SSSR count). The van der Waals surface area contributed by atoms with E-state index in [1.54, 1.807) is 12.1 Å². The summed E-state index contributed by atoms with van der Waals surface area (Å²) in [6.07, 6.45) is -0.0384. The van der Waals surface area contributed by atoms with Crippen molar-refractivity contribution < 1.29 is 18.7 Å². The van der Waals surface area contributed by atoms with E-state index >= 15 is 0 Å². The molecule has 0 spiro atoms. The largest absolute Gasteiger partial charge is 0.493 e. The van der Waals surface area contributed by atoms with Crippen LogP contribution >= 0.6 is 11.6 Å². The number of carbonyl (C=O) groups excluding carboxylic acids is 1. The lowest BCUT2D eigenvalue weighted by atomic mass is 9.86. The molecule has 0 aliphatic heterocycles. The number of rotatable bonds is 6. The molecule has 0 bridgehead atoms. The molecule has 1 heterocycles. The fourth-order valence-corrected chi connectivity index (χ4v) is 3.78. The molecule has 35 heavy (non-hydrogen) atoms. The van der Waals surface area contributed by atoms with Crippen LogP contribution < -0.4 is 14.9 Å². The lowest BCUT2D eigenvalue weighted by Gasteiger charge is -2.19. The zero-order valence-corrected chi connectivity index (χ0v) is 20.9. The number of benzene rings is 3. The van der Waals surface area contributed by atoms with Gasteiger partial charge in [0.25, 0.3) is 0 Å². The maximum atomic E-state index is 13.3. The number of esters is 1. The maximum absolute atomic E-state index is 13.3. The van der Waals surface area contributed by atoms with Gasteiger partial charge in [-0.05, 0) is 48.2 Å². The van der Waals surface area contributed by atoms with E-state index < -0.39 is 11.4 Å². The van der Waals surface area contributed by atoms with Crippen molar-refractivity contribution >= 4 is 28.5 Å². The number of carbonyl (C=O) groups is 1. The van der Waals surface area contributed by atoms with Crippen molar-refractivity contribution in [3.05, 3.63) is 93.1 Å². The molecule has 1 aromatic heterocycles. The van der Waals surface area contributed by atoms with E-state index in [0.717, 1.165) is 11.1 Å². The molecule has 0 fully saturated rings. The van der Waals surface area contributed by atoms with Crippen LogP contribution in [-0.4, -0.2) is 12.6 Å². The second-order valence-electron chi connectivity index (χ2n) is 9.44. The van der Waals surface area contributed by atoms with Gasteiger partial charge in [0.15, 0.2) is 5.76 Å². The molecule has 0 amide bonds. The lowest BCUT2D eigenvalue weighted by Crippen LogP contribution is -2.18. The van der Waals surface area contributed by atoms with Crippen molar-refractivity contribution in [2.45, 2.75) is 39.5 Å². The molecule has 0 radical (unpaired) electrons. The fraction of sp³-hybridized carbons (Fsp3) is 0.241. The van der Waals surface area contributed by atoms with Gasteiger partial charge in [0.1, 0.15) is 11.3 Å². The maximum Gasteiger partial charge on any atom is 0.314 e. The van der Waals surface area contributed by atoms with Gasteiger partial charge in [-0.15, -0.1) is 0 Å². The van der Waals surface area contributed by atoms with E-state index in [4.69, 9.17) is 25.5 Å². The number of ether oxygens (including phenoxy) is 2. The number of aryl methyl sites for hydroxylation is 1. The predicted molar refractivity (Wildman–Crippen MR) is 139 cm³/mol. The van der Waals surface area contributed by atoms with Gasteiger partial charge in [-0.25, -0.2) is 0 Å². The quantitative estimate of drug-likeness (QED) is 0.270. The van der Waals surface area contributed by atoms with Crippen molar-refractivity contribution in [1.29, 1.82) is 0 Å². The van der Waals surface area contributed by atoms with Crippen molar-refractivity contribution in [1.82, 2.24) is 0 Å². The molecule has 0 unspecified atom stereocenters. The average molecular weight is 491 g/mol. The van der Waals surface area contributed by atoms with E-state index in [1.165, 1.54) is 6.07 Å². The van der Waals surface area contributed by atoms with Crippen molar-refractivity contribution in [3.8, 4) is 22.8 Å². The number of fused-ring (bicyclic) bond motifs is 1. The summed E-state index contributed by atoms with van der Waals surface area (Å²) in [6.45, 7) is 8.45. The summed E-state index contributed by atoms with van der Waals surface area (Å²) in [4.78, 5) is 26.0. The first-order valence-corrected chi connectivity index (χ1v) is 11.8. The third kappa shape index (κ3) is 5.75. The van der Waals surface area contributed by atoms with Gasteiger partial charge < -0.3 is 13.9 Å². The summed E-state index contributed by atoms with van der Waals surface area (Å²) in [5.41, 5.74) is 2.73. The Morgan fingerprint density at radius 2 is 1.66 bits per heavy atom. The third-order valence-electron chi connectivity index (χ3n) is 5.64. The summed E-state index contributed by atoms with van der Waals surface area (Å²) >= 11 is 6.10. The molecular weight excluding hydrogens is 464 g/mol. The molecule has 0 atom stereocenters. The van der Waals surface area contributed by atoms with Gasteiger partial charge in [0, 0.05) is 10.6 Å². The first-order valence-electron chi connectivity index (χ1n) is 11.4. The summed E-state index contributed by atoms with van der Waals surface area (Å²) in [6, 6.07) is 20.0. The highest BCUT2D eigenvalue weighted by Gasteiger charge is 2.22. The Bertz CT molecular complexity index is 1410. The Labute approximate surface area is 209 Å². The van der Waals surface area contributed by atoms with Gasteiger partial charge in [-0.1, -0.05) is 74.3 Å². The van der Waals surface area contributed by atoms with Crippen molar-refractivity contribution in [2.24, 2.45) is 0 Å². The van der Waals surface area contributed by atoms with Crippen LogP contribution in [0.3, 0.4) is 0 Å². The lowest BCUT2D eigenvalue weighted by molar-refractivity contribution is -0.135. The third-order valence-corrected chi connectivity index (χ3v) is 5.87. The second kappa shape index (κ2) is 9.96. The molecule has 0 saturated carbocycles. The van der Waals surface area contributed by atoms with Crippen molar-refractivity contribution in [3.63, 3.8) is 0 Å². The highest BCUT2D eigenvalue weighted by Crippen LogP contribution is 2.33.